The Morgan fingerprint density at radius 1 is 1.15 bits per heavy atom. The molecule has 0 aromatic heterocycles. The molecule has 4 atom stereocenters. The van der Waals surface area contributed by atoms with E-state index in [1.807, 2.05) is 6.92 Å². The summed E-state index contributed by atoms with van der Waals surface area (Å²) in [5.41, 5.74) is -0.629. The third kappa shape index (κ3) is 3.81. The van der Waals surface area contributed by atoms with Crippen molar-refractivity contribution in [1.29, 1.82) is 0 Å². The molecule has 10 heteroatoms. The van der Waals surface area contributed by atoms with E-state index in [0.29, 0.717) is 6.61 Å². The van der Waals surface area contributed by atoms with E-state index in [9.17, 15) is 20.2 Å². The number of ether oxygens (including phenoxy) is 2. The minimum Gasteiger partial charge on any atom is -0.501 e. The second kappa shape index (κ2) is 8.66. The molecule has 1 heterocycles. The van der Waals surface area contributed by atoms with E-state index in [4.69, 9.17) is 13.7 Å². The van der Waals surface area contributed by atoms with Gasteiger partial charge in [-0.15, -0.1) is 0 Å². The summed E-state index contributed by atoms with van der Waals surface area (Å²) in [6.07, 6.45) is 6.50. The summed E-state index contributed by atoms with van der Waals surface area (Å²) in [5.74, 6) is 1.02. The minimum atomic E-state index is -0.676. The fraction of sp³-hybridized carbons (Fsp3) is 0.583. The van der Waals surface area contributed by atoms with Crippen molar-refractivity contribution in [2.45, 2.75) is 63.6 Å². The van der Waals surface area contributed by atoms with Gasteiger partial charge in [-0.2, -0.15) is 0 Å². The maximum absolute atomic E-state index is 11.6. The van der Waals surface area contributed by atoms with Crippen molar-refractivity contribution in [2.75, 3.05) is 13.7 Å². The Hall–Kier alpha value is -2.43. The van der Waals surface area contributed by atoms with Gasteiger partial charge in [-0.1, -0.05) is 25.5 Å². The molecule has 2 aliphatic carbocycles. The van der Waals surface area contributed by atoms with E-state index in [1.54, 1.807) is 7.11 Å². The van der Waals surface area contributed by atoms with Crippen molar-refractivity contribution in [1.82, 2.24) is 0 Å². The molecule has 4 rings (SSSR count). The first kappa shape index (κ1) is 24.7. The van der Waals surface area contributed by atoms with Crippen LogP contribution in [-0.4, -0.2) is 35.3 Å². The predicted molar refractivity (Wildman–Crippen MR) is 127 cm³/mol. The summed E-state index contributed by atoms with van der Waals surface area (Å²) in [7, 11) is 1.71. The van der Waals surface area contributed by atoms with Gasteiger partial charge in [0.05, 0.1) is 28.4 Å². The minimum absolute atomic E-state index is 0.0805. The van der Waals surface area contributed by atoms with Crippen LogP contribution in [0.15, 0.2) is 46.6 Å². The van der Waals surface area contributed by atoms with E-state index in [0.717, 1.165) is 43.1 Å². The second-order valence-corrected chi connectivity index (χ2v) is 10.9. The zero-order valence-corrected chi connectivity index (χ0v) is 20.8. The van der Waals surface area contributed by atoms with Gasteiger partial charge in [-0.3, -0.25) is 24.4 Å². The van der Waals surface area contributed by atoms with Gasteiger partial charge in [0.1, 0.15) is 22.4 Å². The smallest absolute Gasteiger partial charge is 0.292 e. The summed E-state index contributed by atoms with van der Waals surface area (Å²) < 4.78 is 18.5. The number of rotatable bonds is 6. The van der Waals surface area contributed by atoms with Gasteiger partial charge in [0.15, 0.2) is 0 Å². The first-order valence-electron chi connectivity index (χ1n) is 11.3. The van der Waals surface area contributed by atoms with Crippen LogP contribution in [0.25, 0.3) is 0 Å². The van der Waals surface area contributed by atoms with Crippen molar-refractivity contribution in [3.63, 3.8) is 0 Å². The molecule has 9 nitrogen and oxygen atoms in total. The molecule has 0 bridgehead atoms. The van der Waals surface area contributed by atoms with Crippen LogP contribution in [0.4, 0.5) is 11.4 Å². The first-order valence-corrected chi connectivity index (χ1v) is 12.1. The van der Waals surface area contributed by atoms with E-state index < -0.39 is 21.6 Å². The number of hydrogen-bond donors (Lipinski definition) is 0. The number of nitrogens with zero attached hydrogens (tertiary/aromatic N) is 2. The molecule has 1 aliphatic heterocycles. The van der Waals surface area contributed by atoms with Crippen molar-refractivity contribution < 1.29 is 23.5 Å². The SMILES string of the molecule is COC1=CCC(C)(C)C2=C[C@@H](OSc3ccc([N+](=O)[O-])cc3[N+](=O)[O-])[C@@]3(C)OCCC[C@H]3[C@@]12C. The lowest BCUT2D eigenvalue weighted by Gasteiger charge is -2.60. The first-order chi connectivity index (χ1) is 15.9. The molecule has 1 fully saturated rings. The number of fused-ring (bicyclic) bond motifs is 3. The molecular weight excluding hydrogens is 460 g/mol. The second-order valence-electron chi connectivity index (χ2n) is 10.1. The summed E-state index contributed by atoms with van der Waals surface area (Å²) in [6.45, 7) is 9.27. The number of allylic oxidation sites excluding steroid dienone is 2. The van der Waals surface area contributed by atoms with Crippen LogP contribution in [0.5, 0.6) is 0 Å². The van der Waals surface area contributed by atoms with Gasteiger partial charge in [0, 0.05) is 30.6 Å². The molecular formula is C24H30N2O7S. The number of non-ortho nitro benzene ring substituents is 1. The van der Waals surface area contributed by atoms with Crippen LogP contribution < -0.4 is 0 Å². The molecule has 0 saturated carbocycles. The third-order valence-electron chi connectivity index (χ3n) is 7.73. The Kier molecular flexibility index (Phi) is 6.28. The average Bonchev–Trinajstić information content (AvgIpc) is 2.77. The zero-order valence-electron chi connectivity index (χ0n) is 20.0. The monoisotopic (exact) mass is 490 g/mol. The summed E-state index contributed by atoms with van der Waals surface area (Å²) >= 11 is 0.867. The molecule has 184 valence electrons. The number of nitro groups is 2. The maximum atomic E-state index is 11.6. The highest BCUT2D eigenvalue weighted by molar-refractivity contribution is 7.94. The molecule has 0 radical (unpaired) electrons. The molecule has 0 spiro atoms. The Labute approximate surface area is 203 Å². The highest BCUT2D eigenvalue weighted by Gasteiger charge is 2.62. The molecule has 0 amide bonds. The van der Waals surface area contributed by atoms with Crippen LogP contribution in [-0.2, 0) is 13.7 Å². The average molecular weight is 491 g/mol. The van der Waals surface area contributed by atoms with Crippen LogP contribution in [0.2, 0.25) is 0 Å². The zero-order chi connectivity index (χ0) is 24.9. The lowest BCUT2D eigenvalue weighted by molar-refractivity contribution is -0.396. The molecule has 0 unspecified atom stereocenters. The van der Waals surface area contributed by atoms with Gasteiger partial charge in [-0.05, 0) is 50.7 Å². The lowest BCUT2D eigenvalue weighted by Crippen LogP contribution is -2.61. The quantitative estimate of drug-likeness (QED) is 0.207. The molecule has 1 aromatic rings. The van der Waals surface area contributed by atoms with Crippen LogP contribution in [0.3, 0.4) is 0 Å². The van der Waals surface area contributed by atoms with Crippen LogP contribution in [0, 0.1) is 37.0 Å². The Morgan fingerprint density at radius 3 is 2.53 bits per heavy atom. The largest absolute Gasteiger partial charge is 0.501 e. The Bertz CT molecular complexity index is 1090. The van der Waals surface area contributed by atoms with Crippen molar-refractivity contribution in [3.8, 4) is 0 Å². The fourth-order valence-corrected chi connectivity index (χ4v) is 6.84. The molecule has 34 heavy (non-hydrogen) atoms. The number of nitro benzene ring substituents is 2. The van der Waals surface area contributed by atoms with Gasteiger partial charge < -0.3 is 9.47 Å². The lowest BCUT2D eigenvalue weighted by atomic mass is 9.50. The maximum Gasteiger partial charge on any atom is 0.292 e. The molecule has 1 saturated heterocycles. The Balaban J connectivity index is 1.74. The summed E-state index contributed by atoms with van der Waals surface area (Å²) in [5, 5.41) is 22.7. The highest BCUT2D eigenvalue weighted by atomic mass is 32.2. The van der Waals surface area contributed by atoms with E-state index in [1.165, 1.54) is 17.7 Å². The van der Waals surface area contributed by atoms with Crippen molar-refractivity contribution >= 4 is 23.4 Å². The molecule has 3 aliphatic rings. The van der Waals surface area contributed by atoms with Crippen LogP contribution >= 0.6 is 12.0 Å². The normalized spacial score (nSPS) is 32.0. The highest BCUT2D eigenvalue weighted by Crippen LogP contribution is 2.63. The van der Waals surface area contributed by atoms with Gasteiger partial charge in [0.25, 0.3) is 11.4 Å². The predicted octanol–water partition coefficient (Wildman–Crippen LogP) is 5.99. The van der Waals surface area contributed by atoms with Crippen molar-refractivity contribution in [2.24, 2.45) is 16.7 Å². The van der Waals surface area contributed by atoms with Crippen LogP contribution in [0.1, 0.15) is 47.0 Å². The van der Waals surface area contributed by atoms with E-state index in [-0.39, 0.29) is 33.0 Å². The van der Waals surface area contributed by atoms with Gasteiger partial charge in [-0.25, -0.2) is 0 Å². The standard InChI is InChI=1S/C24H30N2O7S/c1-22(2)11-10-20(31-5)23(3)18-7-6-12-32-24(18,4)21(14-19(22)23)33-34-17-9-8-15(25(27)28)13-16(17)26(29)30/h8-10,13-14,18,21H,6-7,11-12H2,1-5H3/t18-,21+,23+,24-/m0/s1. The third-order valence-corrected chi connectivity index (χ3v) is 8.56. The Morgan fingerprint density at radius 2 is 1.88 bits per heavy atom. The summed E-state index contributed by atoms with van der Waals surface area (Å²) in [6, 6.07) is 3.57. The van der Waals surface area contributed by atoms with E-state index >= 15 is 0 Å². The number of benzene rings is 1. The topological polar surface area (TPSA) is 114 Å². The summed E-state index contributed by atoms with van der Waals surface area (Å²) in [4.78, 5) is 21.6. The van der Waals surface area contributed by atoms with E-state index in [2.05, 4.69) is 32.9 Å². The van der Waals surface area contributed by atoms with Gasteiger partial charge in [0.2, 0.25) is 0 Å². The fourth-order valence-electron chi connectivity index (χ4n) is 6.04. The van der Waals surface area contributed by atoms with Crippen molar-refractivity contribution in [3.05, 3.63) is 61.9 Å². The number of hydrogen-bond acceptors (Lipinski definition) is 8. The number of methoxy groups -OCH3 is 1. The van der Waals surface area contributed by atoms with Gasteiger partial charge >= 0.3 is 0 Å². The molecule has 1 aromatic carbocycles. The molecule has 0 N–H and O–H groups in total.